The number of nitrogens with one attached hydrogen (secondary N) is 1. The van der Waals surface area contributed by atoms with Crippen LogP contribution >= 0.6 is 15.9 Å². The average molecular weight is 325 g/mol. The highest BCUT2D eigenvalue weighted by molar-refractivity contribution is 9.10. The fourth-order valence-electron chi connectivity index (χ4n) is 1.63. The van der Waals surface area contributed by atoms with Crippen LogP contribution in [0.4, 0.5) is 11.4 Å². The van der Waals surface area contributed by atoms with Gasteiger partial charge in [0.1, 0.15) is 0 Å². The second kappa shape index (κ2) is 5.83. The molecule has 1 aromatic heterocycles. The molecule has 0 bridgehead atoms. The molecule has 0 amide bonds. The number of nitrogens with zero attached hydrogens (tertiary/aromatic N) is 3. The lowest BCUT2D eigenvalue weighted by atomic mass is 10.2. The molecule has 19 heavy (non-hydrogen) atoms. The van der Waals surface area contributed by atoms with Crippen molar-refractivity contribution < 1.29 is 4.92 Å². The zero-order valence-corrected chi connectivity index (χ0v) is 11.9. The molecular weight excluding hydrogens is 312 g/mol. The van der Waals surface area contributed by atoms with Gasteiger partial charge in [-0.1, -0.05) is 0 Å². The van der Waals surface area contributed by atoms with Gasteiger partial charge in [0.2, 0.25) is 0 Å². The number of anilines is 1. The highest BCUT2D eigenvalue weighted by atomic mass is 79.9. The topological polar surface area (TPSA) is 73.0 Å². The van der Waals surface area contributed by atoms with Crippen molar-refractivity contribution in [2.75, 3.05) is 5.32 Å². The molecule has 100 valence electrons. The zero-order chi connectivity index (χ0) is 13.8. The molecule has 0 radical (unpaired) electrons. The van der Waals surface area contributed by atoms with Crippen molar-refractivity contribution in [1.29, 1.82) is 0 Å². The van der Waals surface area contributed by atoms with Gasteiger partial charge >= 0.3 is 0 Å². The number of halogens is 1. The summed E-state index contributed by atoms with van der Waals surface area (Å²) in [5, 5.41) is 18.0. The molecule has 7 heteroatoms. The van der Waals surface area contributed by atoms with Gasteiger partial charge in [-0.15, -0.1) is 0 Å². The number of benzene rings is 1. The van der Waals surface area contributed by atoms with Gasteiger partial charge in [0.05, 0.1) is 11.1 Å². The molecule has 0 saturated carbocycles. The summed E-state index contributed by atoms with van der Waals surface area (Å²) < 4.78 is 2.52. The van der Waals surface area contributed by atoms with E-state index < -0.39 is 4.92 Å². The number of hydrogen-bond acceptors (Lipinski definition) is 4. The molecule has 2 aromatic rings. The second-order valence-electron chi connectivity index (χ2n) is 3.98. The Labute approximate surface area is 118 Å². The van der Waals surface area contributed by atoms with E-state index in [1.807, 2.05) is 17.8 Å². The van der Waals surface area contributed by atoms with E-state index in [0.717, 1.165) is 17.8 Å². The molecule has 0 atom stereocenters. The third-order valence-electron chi connectivity index (χ3n) is 2.66. The predicted octanol–water partition coefficient (Wildman–Crippen LogP) is 3.19. The summed E-state index contributed by atoms with van der Waals surface area (Å²) in [5.74, 6) is 0. The maximum Gasteiger partial charge on any atom is 0.270 e. The minimum Gasteiger partial charge on any atom is -0.380 e. The third-order valence-corrected chi connectivity index (χ3v) is 3.31. The highest BCUT2D eigenvalue weighted by Crippen LogP contribution is 2.27. The monoisotopic (exact) mass is 324 g/mol. The van der Waals surface area contributed by atoms with Gasteiger partial charge in [-0.2, -0.15) is 5.10 Å². The lowest BCUT2D eigenvalue weighted by molar-refractivity contribution is -0.384. The Kier molecular flexibility index (Phi) is 4.16. The first-order valence-corrected chi connectivity index (χ1v) is 6.58. The zero-order valence-electron chi connectivity index (χ0n) is 10.3. The van der Waals surface area contributed by atoms with Crippen LogP contribution in [0.5, 0.6) is 0 Å². The molecule has 6 nitrogen and oxygen atoms in total. The molecule has 0 spiro atoms. The summed E-state index contributed by atoms with van der Waals surface area (Å²) in [7, 11) is 0. The Bertz CT molecular complexity index is 597. The van der Waals surface area contributed by atoms with E-state index in [1.165, 1.54) is 12.1 Å². The van der Waals surface area contributed by atoms with Crippen LogP contribution in [-0.4, -0.2) is 14.7 Å². The van der Waals surface area contributed by atoms with Gasteiger partial charge in [-0.3, -0.25) is 14.8 Å². The number of nitro benzene ring substituents is 1. The summed E-state index contributed by atoms with van der Waals surface area (Å²) in [6.45, 7) is 3.48. The number of aromatic nitrogens is 2. The van der Waals surface area contributed by atoms with Gasteiger partial charge in [0, 0.05) is 47.1 Å². The van der Waals surface area contributed by atoms with Gasteiger partial charge in [0.15, 0.2) is 0 Å². The number of non-ortho nitro benzene ring substituents is 1. The van der Waals surface area contributed by atoms with E-state index in [4.69, 9.17) is 0 Å². The van der Waals surface area contributed by atoms with E-state index in [9.17, 15) is 10.1 Å². The molecule has 1 aromatic carbocycles. The number of nitro groups is 1. The molecule has 0 aliphatic heterocycles. The minimum absolute atomic E-state index is 0.0660. The van der Waals surface area contributed by atoms with Crippen LogP contribution in [0, 0.1) is 10.1 Å². The second-order valence-corrected chi connectivity index (χ2v) is 4.83. The summed E-state index contributed by atoms with van der Waals surface area (Å²) in [5.41, 5.74) is 1.94. The van der Waals surface area contributed by atoms with Crippen LogP contribution in [-0.2, 0) is 13.1 Å². The first-order valence-electron chi connectivity index (χ1n) is 5.79. The Morgan fingerprint density at radius 1 is 1.53 bits per heavy atom. The SMILES string of the molecule is CCn1cc(CNc2ccc([N+](=O)[O-])cc2Br)cn1. The van der Waals surface area contributed by atoms with E-state index >= 15 is 0 Å². The molecule has 0 aliphatic rings. The van der Waals surface area contributed by atoms with Crippen LogP contribution in [0.3, 0.4) is 0 Å². The molecule has 2 rings (SSSR count). The van der Waals surface area contributed by atoms with E-state index in [0.29, 0.717) is 11.0 Å². The molecule has 0 saturated heterocycles. The summed E-state index contributed by atoms with van der Waals surface area (Å²) in [4.78, 5) is 10.2. The predicted molar refractivity (Wildman–Crippen MR) is 76.0 cm³/mol. The van der Waals surface area contributed by atoms with E-state index in [-0.39, 0.29) is 5.69 Å². The molecule has 0 aliphatic carbocycles. The number of hydrogen-bond donors (Lipinski definition) is 1. The van der Waals surface area contributed by atoms with Gasteiger partial charge in [0.25, 0.3) is 5.69 Å². The van der Waals surface area contributed by atoms with Crippen molar-refractivity contribution in [3.8, 4) is 0 Å². The quantitative estimate of drug-likeness (QED) is 0.677. The van der Waals surface area contributed by atoms with Crippen molar-refractivity contribution in [2.45, 2.75) is 20.0 Å². The van der Waals surface area contributed by atoms with Gasteiger partial charge in [-0.25, -0.2) is 0 Å². The van der Waals surface area contributed by atoms with E-state index in [1.54, 1.807) is 12.3 Å². The van der Waals surface area contributed by atoms with Crippen molar-refractivity contribution in [1.82, 2.24) is 9.78 Å². The Hall–Kier alpha value is -1.89. The van der Waals surface area contributed by atoms with Crippen LogP contribution in [0.1, 0.15) is 12.5 Å². The largest absolute Gasteiger partial charge is 0.380 e. The fraction of sp³-hybridized carbons (Fsp3) is 0.250. The molecule has 1 N–H and O–H groups in total. The first kappa shape index (κ1) is 13.5. The minimum atomic E-state index is -0.417. The van der Waals surface area contributed by atoms with Gasteiger partial charge < -0.3 is 5.32 Å². The van der Waals surface area contributed by atoms with Crippen LogP contribution < -0.4 is 5.32 Å². The van der Waals surface area contributed by atoms with Crippen molar-refractivity contribution in [2.24, 2.45) is 0 Å². The van der Waals surface area contributed by atoms with Crippen molar-refractivity contribution in [3.63, 3.8) is 0 Å². The maximum absolute atomic E-state index is 10.6. The maximum atomic E-state index is 10.6. The Morgan fingerprint density at radius 2 is 2.32 bits per heavy atom. The smallest absolute Gasteiger partial charge is 0.270 e. The average Bonchev–Trinajstić information content (AvgIpc) is 2.85. The Morgan fingerprint density at radius 3 is 2.89 bits per heavy atom. The first-order chi connectivity index (χ1) is 9.10. The summed E-state index contributed by atoms with van der Waals surface area (Å²) in [6, 6.07) is 4.65. The Balaban J connectivity index is 2.05. The van der Waals surface area contributed by atoms with Crippen LogP contribution in [0.2, 0.25) is 0 Å². The van der Waals surface area contributed by atoms with Crippen molar-refractivity contribution >= 4 is 27.3 Å². The molecule has 0 fully saturated rings. The van der Waals surface area contributed by atoms with E-state index in [2.05, 4.69) is 26.3 Å². The normalized spacial score (nSPS) is 10.4. The fourth-order valence-corrected chi connectivity index (χ4v) is 2.14. The summed E-state index contributed by atoms with van der Waals surface area (Å²) in [6.07, 6.45) is 3.77. The molecule has 0 unspecified atom stereocenters. The lowest BCUT2D eigenvalue weighted by Gasteiger charge is -2.06. The molecule has 1 heterocycles. The number of rotatable bonds is 5. The lowest BCUT2D eigenvalue weighted by Crippen LogP contribution is -2.00. The van der Waals surface area contributed by atoms with Crippen LogP contribution in [0.25, 0.3) is 0 Å². The molecular formula is C12H13BrN4O2. The standard InChI is InChI=1S/C12H13BrN4O2/c1-2-16-8-9(7-15-16)6-14-12-4-3-10(17(18)19)5-11(12)13/h3-5,7-8,14H,2,6H2,1H3. The van der Waals surface area contributed by atoms with Crippen LogP contribution in [0.15, 0.2) is 35.1 Å². The third kappa shape index (κ3) is 3.31. The summed E-state index contributed by atoms with van der Waals surface area (Å²) >= 11 is 3.32. The van der Waals surface area contributed by atoms with Gasteiger partial charge in [-0.05, 0) is 28.9 Å². The number of aryl methyl sites for hydroxylation is 1. The highest BCUT2D eigenvalue weighted by Gasteiger charge is 2.09. The van der Waals surface area contributed by atoms with Crippen molar-refractivity contribution in [3.05, 3.63) is 50.7 Å².